The van der Waals surface area contributed by atoms with Crippen LogP contribution in [0.3, 0.4) is 0 Å². The second-order valence-corrected chi connectivity index (χ2v) is 25.0. The van der Waals surface area contributed by atoms with Crippen molar-refractivity contribution in [3.05, 3.63) is 82.6 Å². The molecule has 0 radical (unpaired) electrons. The first-order valence-electron chi connectivity index (χ1n) is 30.3. The molecular formula is C62H92N3NaO23S2. The Morgan fingerprint density at radius 3 is 1.57 bits per heavy atom. The van der Waals surface area contributed by atoms with Crippen LogP contribution in [0.4, 0.5) is 5.69 Å². The van der Waals surface area contributed by atoms with Gasteiger partial charge < -0.3 is 80.1 Å². The summed E-state index contributed by atoms with van der Waals surface area (Å²) in [7, 11) is -6.34. The molecule has 0 aromatic heterocycles. The molecule has 1 aromatic rings. The van der Waals surface area contributed by atoms with E-state index in [0.29, 0.717) is 192 Å². The van der Waals surface area contributed by atoms with Crippen molar-refractivity contribution in [2.75, 3.05) is 190 Å². The van der Waals surface area contributed by atoms with Gasteiger partial charge in [-0.2, -0.15) is 0 Å². The molecule has 4 aliphatic rings. The fourth-order valence-electron chi connectivity index (χ4n) is 9.78. The van der Waals surface area contributed by atoms with Crippen LogP contribution < -0.4 is 44.4 Å². The molecule has 5 rings (SSSR count). The van der Waals surface area contributed by atoms with Gasteiger partial charge in [0.1, 0.15) is 34.9 Å². The number of ether oxygens (including phenoxy) is 12. The number of carbonyl (C=O) groups is 3. The standard InChI is InChI=1S/C62H93N3O23S2.Na/c1-61(2,3)53-47-50(10-7-11-57-62(4,19-8-12-60(68)88-65-58(66)17-18-59(65)67)54-48-51(90(72,73)74)14-16-55(54)64(57)20-9-45-89(69,70)71)87-56-46-49(13-15-52(53)56)63(21-23-77-29-31-81-37-39-85-43-41-83-35-33-79-27-25-75-5)22-24-78-30-32-82-38-40-86-44-42-84-36-34-80-28-26-76-6;/h7,10-11,13-16,46-48H,8-9,12,17-45H2,1-6H3,(H-,69,70,71,72,73,74);/q;+1/p-1. The molecule has 3 heterocycles. The van der Waals surface area contributed by atoms with E-state index in [4.69, 9.17) is 66.1 Å². The van der Waals surface area contributed by atoms with Crippen molar-refractivity contribution in [2.24, 2.45) is 0 Å². The minimum Gasteiger partial charge on any atom is -0.748 e. The monoisotopic (exact) mass is 1330 g/mol. The van der Waals surface area contributed by atoms with Crippen molar-refractivity contribution in [2.45, 2.75) is 81.9 Å². The number of rotatable bonds is 48. The summed E-state index contributed by atoms with van der Waals surface area (Å²) in [5.41, 5.74) is 1.72. The van der Waals surface area contributed by atoms with Gasteiger partial charge in [0.25, 0.3) is 11.8 Å². The van der Waals surface area contributed by atoms with Crippen LogP contribution >= 0.6 is 0 Å². The number of hydrogen-bond donors (Lipinski definition) is 0. The van der Waals surface area contributed by atoms with Crippen LogP contribution in [0.15, 0.2) is 69.6 Å². The Balaban J connectivity index is 0.0000177. The van der Waals surface area contributed by atoms with Crippen LogP contribution in [0.1, 0.15) is 83.1 Å². The molecule has 1 aliphatic carbocycles. The first kappa shape index (κ1) is 79.3. The van der Waals surface area contributed by atoms with Crippen LogP contribution in [0.5, 0.6) is 0 Å². The van der Waals surface area contributed by atoms with E-state index in [1.807, 2.05) is 24.3 Å². The number of fused-ring (bicyclic) bond motifs is 2. The fraction of sp³-hybridized carbons (Fsp3) is 0.645. The SMILES string of the molecule is COCCOCCOCCOCCOCCOCC[N+](CCOCCOCCOCCOCCOCCOC)=c1ccc2c(C(C)(C)C)cc(/C=C/C=C3/N(CCCS(=O)(=O)[O-])c4ccc(S(=O)(=O)[O-])cc4C3(C)CCCC(=O)ON3C(=O)CCC3=O)oc-2c1.[Na+]. The largest absolute Gasteiger partial charge is 1.00 e. The van der Waals surface area contributed by atoms with Gasteiger partial charge in [-0.25, -0.2) is 26.2 Å². The number of hydroxylamine groups is 2. The summed E-state index contributed by atoms with van der Waals surface area (Å²) in [5.74, 6) is -1.77. The van der Waals surface area contributed by atoms with E-state index in [2.05, 4.69) is 25.3 Å². The van der Waals surface area contributed by atoms with Gasteiger partial charge in [0.15, 0.2) is 13.1 Å². The molecule has 91 heavy (non-hydrogen) atoms. The summed E-state index contributed by atoms with van der Waals surface area (Å²) in [5, 5.41) is 1.30. The number of imide groups is 1. The molecule has 1 unspecified atom stereocenters. The Kier molecular flexibility index (Phi) is 36.9. The van der Waals surface area contributed by atoms with Crippen LogP contribution in [0.25, 0.3) is 17.4 Å². The Hall–Kier alpha value is -4.12. The molecule has 0 N–H and O–H groups in total. The molecule has 506 valence electrons. The third kappa shape index (κ3) is 28.8. The molecule has 0 bridgehead atoms. The Morgan fingerprint density at radius 2 is 1.12 bits per heavy atom. The van der Waals surface area contributed by atoms with Crippen LogP contribution in [0.2, 0.25) is 0 Å². The number of methoxy groups -OCH3 is 2. The molecule has 1 aromatic carbocycles. The normalized spacial score (nSPS) is 15.8. The Bertz CT molecular complexity index is 2950. The second kappa shape index (κ2) is 42.3. The van der Waals surface area contributed by atoms with Gasteiger partial charge in [-0.3, -0.25) is 9.59 Å². The van der Waals surface area contributed by atoms with E-state index in [0.717, 1.165) is 22.6 Å². The van der Waals surface area contributed by atoms with Gasteiger partial charge in [0.05, 0.1) is 153 Å². The van der Waals surface area contributed by atoms with Gasteiger partial charge in [-0.1, -0.05) is 26.8 Å². The topological polar surface area (TPSA) is 308 Å². The van der Waals surface area contributed by atoms with Crippen LogP contribution in [-0.2, 0) is 107 Å². The maximum absolute atomic E-state index is 13.0. The first-order valence-corrected chi connectivity index (χ1v) is 33.3. The van der Waals surface area contributed by atoms with E-state index in [9.17, 15) is 40.3 Å². The zero-order chi connectivity index (χ0) is 65.3. The van der Waals surface area contributed by atoms with Crippen molar-refractivity contribution in [1.82, 2.24) is 9.64 Å². The Labute approximate surface area is 557 Å². The minimum atomic E-state index is -4.96. The number of amides is 2. The predicted octanol–water partition coefficient (Wildman–Crippen LogP) is 1.21. The van der Waals surface area contributed by atoms with Crippen LogP contribution in [-0.4, -0.2) is 234 Å². The maximum atomic E-state index is 13.0. The smallest absolute Gasteiger partial charge is 0.748 e. The van der Waals surface area contributed by atoms with Gasteiger partial charge in [0, 0.05) is 74.2 Å². The van der Waals surface area contributed by atoms with Crippen molar-refractivity contribution >= 4 is 49.8 Å². The van der Waals surface area contributed by atoms with Crippen molar-refractivity contribution in [3.63, 3.8) is 0 Å². The summed E-state index contributed by atoms with van der Waals surface area (Å²) >= 11 is 0. The van der Waals surface area contributed by atoms with Gasteiger partial charge in [-0.05, 0) is 85.2 Å². The quantitative estimate of drug-likeness (QED) is 0.0252. The Morgan fingerprint density at radius 1 is 0.648 bits per heavy atom. The fourth-order valence-corrected chi connectivity index (χ4v) is 10.8. The number of benzene rings is 2. The van der Waals surface area contributed by atoms with E-state index in [1.165, 1.54) is 12.1 Å². The van der Waals surface area contributed by atoms with Gasteiger partial charge in [-0.15, -0.1) is 5.06 Å². The zero-order valence-corrected chi connectivity index (χ0v) is 57.6. The number of hydrogen-bond acceptors (Lipinski definition) is 24. The molecule has 1 fully saturated rings. The molecule has 1 saturated heterocycles. The van der Waals surface area contributed by atoms with E-state index in [-0.39, 0.29) is 80.0 Å². The average molecular weight is 1330 g/mol. The summed E-state index contributed by atoms with van der Waals surface area (Å²) < 4.78 is 148. The van der Waals surface area contributed by atoms with Gasteiger partial charge in [0.2, 0.25) is 5.36 Å². The summed E-state index contributed by atoms with van der Waals surface area (Å²) in [4.78, 5) is 43.8. The molecule has 2 amide bonds. The number of allylic oxidation sites excluding steroid dienone is 3. The summed E-state index contributed by atoms with van der Waals surface area (Å²) in [6.07, 6.45) is 4.96. The first-order chi connectivity index (χ1) is 43.2. The van der Waals surface area contributed by atoms with E-state index < -0.39 is 54.1 Å². The summed E-state index contributed by atoms with van der Waals surface area (Å²) in [6, 6.07) is 11.8. The van der Waals surface area contributed by atoms with E-state index >= 15 is 0 Å². The molecule has 3 aliphatic heterocycles. The molecule has 29 heteroatoms. The number of carbonyl (C=O) groups excluding carboxylic acids is 3. The molecule has 26 nitrogen and oxygen atoms in total. The number of nitrogens with zero attached hydrogens (tertiary/aromatic N) is 3. The molecule has 0 spiro atoms. The van der Waals surface area contributed by atoms with Gasteiger partial charge >= 0.3 is 35.5 Å². The summed E-state index contributed by atoms with van der Waals surface area (Å²) in [6.45, 7) is 18.7. The van der Waals surface area contributed by atoms with Crippen LogP contribution in [0, 0.1) is 0 Å². The molecule has 0 saturated carbocycles. The third-order valence-corrected chi connectivity index (χ3v) is 16.0. The average Bonchev–Trinajstić information content (AvgIpc) is 1.63. The zero-order valence-electron chi connectivity index (χ0n) is 53.9. The van der Waals surface area contributed by atoms with E-state index in [1.54, 1.807) is 44.3 Å². The number of anilines is 1. The molecular weight excluding hydrogens is 1240 g/mol. The third-order valence-electron chi connectivity index (χ3n) is 14.3. The van der Waals surface area contributed by atoms with Crippen molar-refractivity contribution in [3.8, 4) is 11.3 Å². The maximum Gasteiger partial charge on any atom is 1.00 e. The van der Waals surface area contributed by atoms with Crippen molar-refractivity contribution in [1.29, 1.82) is 0 Å². The molecule has 1 atom stereocenters. The predicted molar refractivity (Wildman–Crippen MR) is 327 cm³/mol. The minimum absolute atomic E-state index is 0. The second-order valence-electron chi connectivity index (χ2n) is 22.1. The van der Waals surface area contributed by atoms with Crippen molar-refractivity contribution < 1.29 is 136 Å².